The van der Waals surface area contributed by atoms with Crippen molar-refractivity contribution >= 4 is 11.8 Å². The lowest BCUT2D eigenvalue weighted by Gasteiger charge is -2.37. The topological polar surface area (TPSA) is 53.1 Å². The van der Waals surface area contributed by atoms with E-state index < -0.39 is 0 Å². The minimum absolute atomic E-state index is 0.0933. The number of allylic oxidation sites excluding steroid dienone is 2. The first-order valence-electron chi connectivity index (χ1n) is 12.9. The molecule has 6 nitrogen and oxygen atoms in total. The Hall–Kier alpha value is -1.40. The van der Waals surface area contributed by atoms with Gasteiger partial charge in [-0.3, -0.25) is 14.5 Å². The first-order valence-corrected chi connectivity index (χ1v) is 12.9. The Balaban J connectivity index is 1.26. The Morgan fingerprint density at radius 3 is 2.22 bits per heavy atom. The van der Waals surface area contributed by atoms with Gasteiger partial charge in [0.25, 0.3) is 0 Å². The molecule has 1 aliphatic carbocycles. The Labute approximate surface area is 195 Å². The number of amides is 2. The Morgan fingerprint density at radius 1 is 0.969 bits per heavy atom. The molecule has 0 spiro atoms. The van der Waals surface area contributed by atoms with Crippen LogP contribution in [0.3, 0.4) is 0 Å². The van der Waals surface area contributed by atoms with Crippen molar-refractivity contribution in [2.24, 2.45) is 23.7 Å². The summed E-state index contributed by atoms with van der Waals surface area (Å²) >= 11 is 0. The molecule has 0 saturated carbocycles. The molecule has 3 rings (SSSR count). The van der Waals surface area contributed by atoms with Crippen LogP contribution in [0.25, 0.3) is 0 Å². The number of piperidine rings is 1. The van der Waals surface area contributed by atoms with Gasteiger partial charge < -0.3 is 14.5 Å². The second-order valence-electron chi connectivity index (χ2n) is 10.6. The van der Waals surface area contributed by atoms with Gasteiger partial charge in [-0.2, -0.15) is 0 Å². The normalized spacial score (nSPS) is 23.7. The van der Waals surface area contributed by atoms with E-state index in [0.29, 0.717) is 17.7 Å². The monoisotopic (exact) mass is 447 g/mol. The van der Waals surface area contributed by atoms with Crippen LogP contribution in [0.15, 0.2) is 11.6 Å². The summed E-state index contributed by atoms with van der Waals surface area (Å²) in [5.41, 5.74) is 1.52. The van der Waals surface area contributed by atoms with Gasteiger partial charge in [0.05, 0.1) is 6.61 Å². The van der Waals surface area contributed by atoms with Crippen LogP contribution in [0.5, 0.6) is 0 Å². The number of hydrogen-bond acceptors (Lipinski definition) is 4. The zero-order valence-electron chi connectivity index (χ0n) is 20.9. The molecule has 0 bridgehead atoms. The highest BCUT2D eigenvalue weighted by Crippen LogP contribution is 2.29. The van der Waals surface area contributed by atoms with E-state index in [4.69, 9.17) is 4.74 Å². The average Bonchev–Trinajstić information content (AvgIpc) is 2.81. The minimum Gasteiger partial charge on any atom is -0.380 e. The molecule has 6 heteroatoms. The number of ether oxygens (including phenoxy) is 1. The smallest absolute Gasteiger partial charge is 0.226 e. The molecule has 0 radical (unpaired) electrons. The molecule has 2 aliphatic heterocycles. The lowest BCUT2D eigenvalue weighted by Crippen LogP contribution is -2.51. The third kappa shape index (κ3) is 7.05. The molecule has 2 heterocycles. The third-order valence-electron chi connectivity index (χ3n) is 7.55. The van der Waals surface area contributed by atoms with Crippen molar-refractivity contribution in [2.45, 2.75) is 59.8 Å². The van der Waals surface area contributed by atoms with Gasteiger partial charge >= 0.3 is 0 Å². The average molecular weight is 448 g/mol. The Morgan fingerprint density at radius 2 is 1.66 bits per heavy atom. The lowest BCUT2D eigenvalue weighted by molar-refractivity contribution is -0.138. The quantitative estimate of drug-likeness (QED) is 0.423. The van der Waals surface area contributed by atoms with Crippen LogP contribution in [-0.4, -0.2) is 85.5 Å². The summed E-state index contributed by atoms with van der Waals surface area (Å²) in [7, 11) is 0. The fraction of sp³-hybridized carbons (Fsp3) is 0.846. The third-order valence-corrected chi connectivity index (χ3v) is 7.55. The number of nitrogens with zero attached hydrogens (tertiary/aromatic N) is 3. The first-order chi connectivity index (χ1) is 15.3. The van der Waals surface area contributed by atoms with E-state index in [2.05, 4.69) is 29.7 Å². The molecule has 2 amide bonds. The van der Waals surface area contributed by atoms with E-state index in [0.717, 1.165) is 91.1 Å². The Kier molecular flexibility index (Phi) is 9.60. The predicted octanol–water partition coefficient (Wildman–Crippen LogP) is 3.42. The van der Waals surface area contributed by atoms with Crippen molar-refractivity contribution in [1.82, 2.24) is 14.7 Å². The molecule has 0 aromatic heterocycles. The summed E-state index contributed by atoms with van der Waals surface area (Å²) in [6.07, 6.45) is 7.43. The van der Waals surface area contributed by atoms with Crippen LogP contribution in [0, 0.1) is 23.7 Å². The van der Waals surface area contributed by atoms with Gasteiger partial charge in [-0.1, -0.05) is 39.3 Å². The summed E-state index contributed by atoms with van der Waals surface area (Å²) < 4.78 is 5.99. The van der Waals surface area contributed by atoms with Gasteiger partial charge in [-0.05, 0) is 43.9 Å². The number of piperazine rings is 1. The highest BCUT2D eigenvalue weighted by Gasteiger charge is 2.29. The molecule has 182 valence electrons. The van der Waals surface area contributed by atoms with E-state index in [9.17, 15) is 9.59 Å². The highest BCUT2D eigenvalue weighted by atomic mass is 16.5. The summed E-state index contributed by atoms with van der Waals surface area (Å²) in [6, 6.07) is 0. The number of carbonyl (C=O) groups is 2. The molecule has 0 aromatic rings. The van der Waals surface area contributed by atoms with Crippen LogP contribution in [0.1, 0.15) is 59.8 Å². The minimum atomic E-state index is 0.0933. The molecule has 32 heavy (non-hydrogen) atoms. The SMILES string of the molecule is CC(C)C(=O)N1CCC(COCCN2CCN(C(=O)C3CC=C(C(C)C)CC3)CC2)CC1. The molecular weight excluding hydrogens is 402 g/mol. The molecule has 1 unspecified atom stereocenters. The fourth-order valence-electron chi connectivity index (χ4n) is 5.18. The van der Waals surface area contributed by atoms with Crippen molar-refractivity contribution in [3.63, 3.8) is 0 Å². The van der Waals surface area contributed by atoms with Gasteiger partial charge in [0.2, 0.25) is 11.8 Å². The van der Waals surface area contributed by atoms with Crippen LogP contribution >= 0.6 is 0 Å². The van der Waals surface area contributed by atoms with Gasteiger partial charge in [-0.15, -0.1) is 0 Å². The predicted molar refractivity (Wildman–Crippen MR) is 128 cm³/mol. The van der Waals surface area contributed by atoms with Crippen LogP contribution in [0.4, 0.5) is 0 Å². The van der Waals surface area contributed by atoms with Gasteiger partial charge in [0.1, 0.15) is 0 Å². The maximum absolute atomic E-state index is 12.9. The zero-order chi connectivity index (χ0) is 23.1. The highest BCUT2D eigenvalue weighted by molar-refractivity contribution is 5.79. The van der Waals surface area contributed by atoms with Crippen molar-refractivity contribution in [3.05, 3.63) is 11.6 Å². The largest absolute Gasteiger partial charge is 0.380 e. The summed E-state index contributed by atoms with van der Waals surface area (Å²) in [5, 5.41) is 0. The van der Waals surface area contributed by atoms with Gasteiger partial charge in [-0.25, -0.2) is 0 Å². The van der Waals surface area contributed by atoms with Crippen molar-refractivity contribution < 1.29 is 14.3 Å². The lowest BCUT2D eigenvalue weighted by atomic mass is 9.84. The molecule has 0 aromatic carbocycles. The maximum atomic E-state index is 12.9. The molecule has 3 aliphatic rings. The van der Waals surface area contributed by atoms with E-state index in [1.165, 1.54) is 5.57 Å². The fourth-order valence-corrected chi connectivity index (χ4v) is 5.18. The molecule has 1 atom stereocenters. The molecular formula is C26H45N3O3. The Bertz CT molecular complexity index is 645. The first kappa shape index (κ1) is 25.2. The van der Waals surface area contributed by atoms with E-state index in [1.807, 2.05) is 18.7 Å². The summed E-state index contributed by atoms with van der Waals surface area (Å²) in [4.78, 5) is 31.5. The van der Waals surface area contributed by atoms with Crippen molar-refractivity contribution in [1.29, 1.82) is 0 Å². The van der Waals surface area contributed by atoms with Gasteiger partial charge in [0, 0.05) is 64.3 Å². The van der Waals surface area contributed by atoms with Crippen molar-refractivity contribution in [3.8, 4) is 0 Å². The van der Waals surface area contributed by atoms with Gasteiger partial charge in [0.15, 0.2) is 0 Å². The van der Waals surface area contributed by atoms with Crippen LogP contribution in [-0.2, 0) is 14.3 Å². The van der Waals surface area contributed by atoms with E-state index >= 15 is 0 Å². The molecule has 0 N–H and O–H groups in total. The summed E-state index contributed by atoms with van der Waals surface area (Å²) in [5.74, 6) is 2.11. The second-order valence-corrected chi connectivity index (χ2v) is 10.6. The van der Waals surface area contributed by atoms with Crippen molar-refractivity contribution in [2.75, 3.05) is 59.0 Å². The van der Waals surface area contributed by atoms with Crippen LogP contribution < -0.4 is 0 Å². The van der Waals surface area contributed by atoms with E-state index in [1.54, 1.807) is 0 Å². The number of carbonyl (C=O) groups excluding carboxylic acids is 2. The second kappa shape index (κ2) is 12.2. The number of hydrogen-bond donors (Lipinski definition) is 0. The number of rotatable bonds is 8. The summed E-state index contributed by atoms with van der Waals surface area (Å²) in [6.45, 7) is 16.3. The van der Waals surface area contributed by atoms with Crippen LogP contribution in [0.2, 0.25) is 0 Å². The standard InChI is InChI=1S/C26H45N3O3/c1-20(2)23-5-7-24(8-6-23)26(31)29-15-13-27(14-16-29)17-18-32-19-22-9-11-28(12-10-22)25(30)21(3)4/h5,20-22,24H,6-19H2,1-4H3. The zero-order valence-corrected chi connectivity index (χ0v) is 20.9. The number of likely N-dealkylation sites (tertiary alicyclic amines) is 1. The maximum Gasteiger partial charge on any atom is 0.226 e. The molecule has 2 fully saturated rings. The van der Waals surface area contributed by atoms with E-state index in [-0.39, 0.29) is 17.7 Å². The molecule has 2 saturated heterocycles.